The molecule has 5 atom stereocenters. The Labute approximate surface area is 150 Å². The largest absolute Gasteiger partial charge is 0.461 e. The van der Waals surface area contributed by atoms with Gasteiger partial charge in [-0.05, 0) is 20.8 Å². The molecule has 5 N–H and O–H groups in total. The summed E-state index contributed by atoms with van der Waals surface area (Å²) in [5, 5.41) is 34.2. The van der Waals surface area contributed by atoms with Gasteiger partial charge in [0.15, 0.2) is 6.29 Å². The van der Waals surface area contributed by atoms with Crippen LogP contribution in [-0.2, 0) is 23.8 Å². The average Bonchev–Trinajstić information content (AvgIpc) is 2.49. The van der Waals surface area contributed by atoms with Gasteiger partial charge in [0, 0.05) is 6.92 Å². The lowest BCUT2D eigenvalue weighted by molar-refractivity contribution is -0.255. The lowest BCUT2D eigenvalue weighted by Gasteiger charge is -2.40. The minimum Gasteiger partial charge on any atom is -0.461 e. The van der Waals surface area contributed by atoms with Gasteiger partial charge in [-0.1, -0.05) is 0 Å². The Bertz CT molecular complexity index is 520. The fourth-order valence-electron chi connectivity index (χ4n) is 2.16. The monoisotopic (exact) mass is 378 g/mol. The van der Waals surface area contributed by atoms with Crippen molar-refractivity contribution >= 4 is 18.0 Å². The first-order chi connectivity index (χ1) is 11.9. The van der Waals surface area contributed by atoms with Gasteiger partial charge in [0.05, 0.1) is 0 Å². The van der Waals surface area contributed by atoms with Crippen LogP contribution in [0.2, 0.25) is 0 Å². The van der Waals surface area contributed by atoms with Crippen molar-refractivity contribution in [2.24, 2.45) is 0 Å². The van der Waals surface area contributed by atoms with E-state index < -0.39 is 67.4 Å². The summed E-state index contributed by atoms with van der Waals surface area (Å²) in [6, 6.07) is -1.22. The van der Waals surface area contributed by atoms with Gasteiger partial charge in [-0.3, -0.25) is 9.59 Å². The molecule has 3 unspecified atom stereocenters. The molecule has 11 heteroatoms. The zero-order chi connectivity index (χ0) is 20.1. The van der Waals surface area contributed by atoms with E-state index in [0.29, 0.717) is 0 Å². The molecule has 1 aliphatic rings. The second kappa shape index (κ2) is 9.12. The Morgan fingerprint density at radius 3 is 2.27 bits per heavy atom. The zero-order valence-electron chi connectivity index (χ0n) is 15.1. The number of nitrogens with one attached hydrogen (secondary N) is 2. The van der Waals surface area contributed by atoms with Crippen molar-refractivity contribution in [1.29, 1.82) is 0 Å². The molecule has 1 heterocycles. The minimum atomic E-state index is -1.60. The highest BCUT2D eigenvalue weighted by Gasteiger charge is 2.44. The van der Waals surface area contributed by atoms with Crippen molar-refractivity contribution in [3.05, 3.63) is 0 Å². The fourth-order valence-corrected chi connectivity index (χ4v) is 2.16. The van der Waals surface area contributed by atoms with Gasteiger partial charge >= 0.3 is 12.1 Å². The summed E-state index contributed by atoms with van der Waals surface area (Å²) >= 11 is 0. The third-order valence-corrected chi connectivity index (χ3v) is 3.27. The molecule has 0 aliphatic carbocycles. The summed E-state index contributed by atoms with van der Waals surface area (Å²) < 4.78 is 14.9. The first-order valence-electron chi connectivity index (χ1n) is 8.00. The second-order valence-corrected chi connectivity index (χ2v) is 6.81. The molecule has 1 saturated heterocycles. The summed E-state index contributed by atoms with van der Waals surface area (Å²) in [4.78, 5) is 34.1. The molecule has 0 aromatic heterocycles. The van der Waals surface area contributed by atoms with Crippen molar-refractivity contribution in [2.45, 2.75) is 63.9 Å². The van der Waals surface area contributed by atoms with E-state index in [1.165, 1.54) is 6.92 Å². The number of ether oxygens (including phenoxy) is 3. The van der Waals surface area contributed by atoms with Crippen LogP contribution in [0.1, 0.15) is 27.7 Å². The highest BCUT2D eigenvalue weighted by molar-refractivity contribution is 5.78. The molecule has 1 rings (SSSR count). The van der Waals surface area contributed by atoms with Crippen LogP contribution in [0.3, 0.4) is 0 Å². The summed E-state index contributed by atoms with van der Waals surface area (Å²) in [6.07, 6.45) is -6.64. The molecule has 0 bridgehead atoms. The van der Waals surface area contributed by atoms with Crippen LogP contribution in [0, 0.1) is 0 Å². The Morgan fingerprint density at radius 2 is 1.73 bits per heavy atom. The molecule has 0 aromatic rings. The van der Waals surface area contributed by atoms with E-state index in [9.17, 15) is 29.7 Å². The Morgan fingerprint density at radius 1 is 1.12 bits per heavy atom. The summed E-state index contributed by atoms with van der Waals surface area (Å²) in [5.74, 6) is -1.36. The number of hydrogen-bond acceptors (Lipinski definition) is 9. The van der Waals surface area contributed by atoms with Gasteiger partial charge in [-0.2, -0.15) is 0 Å². The molecule has 1 aliphatic heterocycles. The Balaban J connectivity index is 2.44. The van der Waals surface area contributed by atoms with Gasteiger partial charge in [0.25, 0.3) is 0 Å². The van der Waals surface area contributed by atoms with Gasteiger partial charge in [-0.15, -0.1) is 0 Å². The molecular weight excluding hydrogens is 352 g/mol. The number of esters is 1. The van der Waals surface area contributed by atoms with Crippen LogP contribution in [0.4, 0.5) is 4.79 Å². The number of rotatable bonds is 5. The standard InChI is InChI=1S/C15H26N2O9/c1-7(18)17-10-12(21)11(20)8(25-13(10)22)6-24-9(19)5-16-14(23)26-15(2,3)4/h8,10-13,20-22H,5-6H2,1-4H3,(H,16,23)(H,17,18)/t8?,10?,11-,12?,13-/m1/s1. The topological polar surface area (TPSA) is 164 Å². The molecule has 1 fully saturated rings. The number of aliphatic hydroxyl groups excluding tert-OH is 3. The number of carbonyl (C=O) groups is 3. The van der Waals surface area contributed by atoms with E-state index in [4.69, 9.17) is 14.2 Å². The van der Waals surface area contributed by atoms with Crippen LogP contribution >= 0.6 is 0 Å². The quantitative estimate of drug-likeness (QED) is 0.340. The molecule has 150 valence electrons. The average molecular weight is 378 g/mol. The highest BCUT2D eigenvalue weighted by Crippen LogP contribution is 2.20. The third kappa shape index (κ3) is 7.12. The molecule has 2 amide bonds. The maximum absolute atomic E-state index is 11.6. The van der Waals surface area contributed by atoms with Crippen LogP contribution in [0.25, 0.3) is 0 Å². The molecule has 0 saturated carbocycles. The summed E-state index contributed by atoms with van der Waals surface area (Å²) in [5.41, 5.74) is -0.717. The number of aliphatic hydroxyl groups is 3. The maximum atomic E-state index is 11.6. The third-order valence-electron chi connectivity index (χ3n) is 3.27. The predicted molar refractivity (Wildman–Crippen MR) is 85.7 cm³/mol. The van der Waals surface area contributed by atoms with Crippen molar-refractivity contribution in [3.63, 3.8) is 0 Å². The van der Waals surface area contributed by atoms with Gasteiger partial charge in [0.1, 0.15) is 43.1 Å². The van der Waals surface area contributed by atoms with E-state index in [0.717, 1.165) is 0 Å². The molecule has 0 spiro atoms. The SMILES string of the molecule is CC(=O)NC1C(O)[C@H](O)C(COC(=O)CNC(=O)OC(C)(C)C)O[C@H]1O. The van der Waals surface area contributed by atoms with Crippen molar-refractivity contribution in [1.82, 2.24) is 10.6 Å². The normalized spacial score (nSPS) is 28.8. The maximum Gasteiger partial charge on any atom is 0.408 e. The van der Waals surface area contributed by atoms with Crippen molar-refractivity contribution < 1.29 is 43.9 Å². The molecule has 11 nitrogen and oxygen atoms in total. The summed E-state index contributed by atoms with van der Waals surface area (Å²) in [7, 11) is 0. The smallest absolute Gasteiger partial charge is 0.408 e. The van der Waals surface area contributed by atoms with E-state index >= 15 is 0 Å². The Hall–Kier alpha value is -1.95. The molecular formula is C15H26N2O9. The van der Waals surface area contributed by atoms with Crippen LogP contribution in [0.5, 0.6) is 0 Å². The van der Waals surface area contributed by atoms with Gasteiger partial charge < -0.3 is 40.2 Å². The van der Waals surface area contributed by atoms with Gasteiger partial charge in [-0.25, -0.2) is 4.79 Å². The fraction of sp³-hybridized carbons (Fsp3) is 0.800. The number of hydrogen-bond donors (Lipinski definition) is 5. The van der Waals surface area contributed by atoms with E-state index in [1.807, 2.05) is 0 Å². The van der Waals surface area contributed by atoms with E-state index in [2.05, 4.69) is 10.6 Å². The first-order valence-corrected chi connectivity index (χ1v) is 8.00. The van der Waals surface area contributed by atoms with Crippen LogP contribution < -0.4 is 10.6 Å². The second-order valence-electron chi connectivity index (χ2n) is 6.81. The molecule has 0 aromatic carbocycles. The number of amides is 2. The lowest BCUT2D eigenvalue weighted by atomic mass is 9.97. The van der Waals surface area contributed by atoms with Crippen LogP contribution in [-0.4, -0.2) is 82.7 Å². The summed E-state index contributed by atoms with van der Waals surface area (Å²) in [6.45, 7) is 5.22. The van der Waals surface area contributed by atoms with Crippen LogP contribution in [0.15, 0.2) is 0 Å². The Kier molecular flexibility index (Phi) is 7.75. The lowest BCUT2D eigenvalue weighted by Crippen LogP contribution is -2.64. The highest BCUT2D eigenvalue weighted by atomic mass is 16.6. The van der Waals surface area contributed by atoms with Crippen molar-refractivity contribution in [3.8, 4) is 0 Å². The zero-order valence-corrected chi connectivity index (χ0v) is 15.1. The molecule has 26 heavy (non-hydrogen) atoms. The van der Waals surface area contributed by atoms with Crippen molar-refractivity contribution in [2.75, 3.05) is 13.2 Å². The number of carbonyl (C=O) groups excluding carboxylic acids is 3. The van der Waals surface area contributed by atoms with E-state index in [-0.39, 0.29) is 0 Å². The number of alkyl carbamates (subject to hydrolysis) is 1. The minimum absolute atomic E-state index is 0.475. The first kappa shape index (κ1) is 22.1. The van der Waals surface area contributed by atoms with E-state index in [1.54, 1.807) is 20.8 Å². The van der Waals surface area contributed by atoms with Gasteiger partial charge in [0.2, 0.25) is 5.91 Å². The molecule has 0 radical (unpaired) electrons. The predicted octanol–water partition coefficient (Wildman–Crippen LogP) is -2.00.